The minimum absolute atomic E-state index is 0.00208. The number of carbonyl (C=O) groups excluding carboxylic acids is 1. The van der Waals surface area contributed by atoms with Crippen molar-refractivity contribution in [2.24, 2.45) is 5.92 Å². The molecule has 1 fully saturated rings. The molecule has 1 saturated heterocycles. The van der Waals surface area contributed by atoms with Crippen molar-refractivity contribution in [2.75, 3.05) is 5.75 Å². The Morgan fingerprint density at radius 3 is 2.16 bits per heavy atom. The summed E-state index contributed by atoms with van der Waals surface area (Å²) in [6.45, 7) is 2.37. The third kappa shape index (κ3) is 7.64. The maximum Gasteiger partial charge on any atom is 0.272 e. The quantitative estimate of drug-likeness (QED) is 0.228. The Balaban J connectivity index is 1.51. The maximum atomic E-state index is 11.8. The van der Waals surface area contributed by atoms with Crippen molar-refractivity contribution < 1.29 is 19.4 Å². The first-order chi connectivity index (χ1) is 17.7. The molecule has 0 spiro atoms. The van der Waals surface area contributed by atoms with E-state index in [0.717, 1.165) is 28.0 Å². The van der Waals surface area contributed by atoms with Gasteiger partial charge in [-0.2, -0.15) is 0 Å². The number of nitrogens with one attached hydrogen (secondary N) is 1. The van der Waals surface area contributed by atoms with Gasteiger partial charge in [-0.1, -0.05) is 108 Å². The molecule has 2 N–H and O–H groups in total. The average molecular weight is 581 g/mol. The molecule has 0 saturated carbocycles. The van der Waals surface area contributed by atoms with Crippen molar-refractivity contribution in [2.45, 2.75) is 47.3 Å². The van der Waals surface area contributed by atoms with E-state index < -0.39 is 16.0 Å². The van der Waals surface area contributed by atoms with E-state index >= 15 is 0 Å². The number of carbonyl (C=O) groups is 1. The number of benzene rings is 3. The van der Waals surface area contributed by atoms with Crippen LogP contribution >= 0.6 is 46.6 Å². The molecule has 4 rings (SSSR count). The standard InChI is InChI=1S/C28H28Cl3NO4S/c1-18-24(17-37-23-5-3-2-4-6-23)35-26(36-25(18)21-11-9-20(16-33)10-12-21)22-13-7-19(8-14-22)15-32-27(34)28(29,30)31/h2-14,18,24-26,33H,15-17H2,1H3,(H,32,34). The smallest absolute Gasteiger partial charge is 0.272 e. The minimum Gasteiger partial charge on any atom is -0.392 e. The second-order valence-corrected chi connectivity index (χ2v) is 12.2. The Morgan fingerprint density at radius 2 is 1.54 bits per heavy atom. The highest BCUT2D eigenvalue weighted by Crippen LogP contribution is 2.43. The normalized spacial score (nSPS) is 22.0. The van der Waals surface area contributed by atoms with Crippen molar-refractivity contribution in [3.63, 3.8) is 0 Å². The molecule has 4 atom stereocenters. The molecule has 3 aromatic rings. The molecule has 5 nitrogen and oxygen atoms in total. The molecule has 1 aliphatic heterocycles. The van der Waals surface area contributed by atoms with E-state index in [1.54, 1.807) is 11.8 Å². The second-order valence-electron chi connectivity index (χ2n) is 8.87. The predicted octanol–water partition coefficient (Wildman–Crippen LogP) is 6.75. The zero-order valence-electron chi connectivity index (χ0n) is 20.2. The van der Waals surface area contributed by atoms with E-state index in [0.29, 0.717) is 0 Å². The van der Waals surface area contributed by atoms with Crippen LogP contribution < -0.4 is 5.32 Å². The number of hydrogen-bond donors (Lipinski definition) is 2. The highest BCUT2D eigenvalue weighted by atomic mass is 35.6. The third-order valence-electron chi connectivity index (χ3n) is 6.24. The number of ether oxygens (including phenoxy) is 2. The lowest BCUT2D eigenvalue weighted by Crippen LogP contribution is -2.38. The third-order valence-corrected chi connectivity index (χ3v) is 7.86. The highest BCUT2D eigenvalue weighted by molar-refractivity contribution is 7.99. The lowest BCUT2D eigenvalue weighted by molar-refractivity contribution is -0.268. The molecule has 1 amide bonds. The molecule has 37 heavy (non-hydrogen) atoms. The van der Waals surface area contributed by atoms with Crippen LogP contribution in [0, 0.1) is 5.92 Å². The van der Waals surface area contributed by atoms with Gasteiger partial charge in [0.1, 0.15) is 0 Å². The van der Waals surface area contributed by atoms with Gasteiger partial charge in [0.25, 0.3) is 9.70 Å². The number of hydrogen-bond acceptors (Lipinski definition) is 5. The second kappa shape index (κ2) is 12.9. The summed E-state index contributed by atoms with van der Waals surface area (Å²) < 4.78 is 11.0. The molecule has 1 heterocycles. The van der Waals surface area contributed by atoms with Crippen molar-refractivity contribution in [3.05, 3.63) is 101 Å². The fourth-order valence-electron chi connectivity index (χ4n) is 4.08. The van der Waals surface area contributed by atoms with Gasteiger partial charge in [0.2, 0.25) is 0 Å². The van der Waals surface area contributed by atoms with Gasteiger partial charge in [0.05, 0.1) is 18.8 Å². The van der Waals surface area contributed by atoms with Crippen LogP contribution in [0.1, 0.15) is 41.6 Å². The lowest BCUT2D eigenvalue weighted by atomic mass is 9.91. The summed E-state index contributed by atoms with van der Waals surface area (Å²) in [5.74, 6) is 0.199. The van der Waals surface area contributed by atoms with Gasteiger partial charge in [-0.15, -0.1) is 11.8 Å². The van der Waals surface area contributed by atoms with Crippen LogP contribution in [0.2, 0.25) is 0 Å². The number of alkyl halides is 3. The zero-order valence-corrected chi connectivity index (χ0v) is 23.2. The monoisotopic (exact) mass is 579 g/mol. The van der Waals surface area contributed by atoms with Crippen molar-refractivity contribution in [3.8, 4) is 0 Å². The van der Waals surface area contributed by atoms with Crippen LogP contribution in [0.4, 0.5) is 0 Å². The van der Waals surface area contributed by atoms with E-state index in [1.807, 2.05) is 66.7 Å². The molecular weight excluding hydrogens is 553 g/mol. The molecule has 9 heteroatoms. The molecule has 3 aromatic carbocycles. The van der Waals surface area contributed by atoms with Gasteiger partial charge >= 0.3 is 0 Å². The minimum atomic E-state index is -2.00. The lowest BCUT2D eigenvalue weighted by Gasteiger charge is -2.41. The Bertz CT molecular complexity index is 1160. The van der Waals surface area contributed by atoms with Crippen molar-refractivity contribution >= 4 is 52.5 Å². The van der Waals surface area contributed by atoms with Gasteiger partial charge in [-0.05, 0) is 28.8 Å². The first-order valence-corrected chi connectivity index (χ1v) is 14.0. The number of amides is 1. The fourth-order valence-corrected chi connectivity index (χ4v) is 5.37. The summed E-state index contributed by atoms with van der Waals surface area (Å²) in [6.07, 6.45) is -0.809. The Kier molecular flexibility index (Phi) is 9.81. The summed E-state index contributed by atoms with van der Waals surface area (Å²) in [5, 5.41) is 12.0. The molecule has 196 valence electrons. The summed E-state index contributed by atoms with van der Waals surface area (Å²) >= 11 is 18.6. The predicted molar refractivity (Wildman–Crippen MR) is 149 cm³/mol. The maximum absolute atomic E-state index is 11.8. The SMILES string of the molecule is CC1C(CSc2ccccc2)OC(c2ccc(CNC(=O)C(Cl)(Cl)Cl)cc2)OC1c1ccc(CO)cc1. The number of aliphatic hydroxyl groups excluding tert-OH is 1. The summed E-state index contributed by atoms with van der Waals surface area (Å²) in [4.78, 5) is 13.0. The Hall–Kier alpha value is -1.77. The zero-order chi connectivity index (χ0) is 26.4. The molecule has 1 aliphatic rings. The van der Waals surface area contributed by atoms with E-state index in [-0.39, 0.29) is 31.3 Å². The van der Waals surface area contributed by atoms with Crippen LogP contribution in [0.15, 0.2) is 83.8 Å². The molecular formula is C28H28Cl3NO4S. The summed E-state index contributed by atoms with van der Waals surface area (Å²) in [7, 11) is 0. The van der Waals surface area contributed by atoms with Gasteiger partial charge in [-0.25, -0.2) is 0 Å². The van der Waals surface area contributed by atoms with E-state index in [4.69, 9.17) is 44.3 Å². The Morgan fingerprint density at radius 1 is 0.919 bits per heavy atom. The fraction of sp³-hybridized carbons (Fsp3) is 0.321. The van der Waals surface area contributed by atoms with Crippen molar-refractivity contribution in [1.82, 2.24) is 5.32 Å². The van der Waals surface area contributed by atoms with Crippen LogP contribution in [-0.4, -0.2) is 26.7 Å². The van der Waals surface area contributed by atoms with Crippen LogP contribution in [0.25, 0.3) is 0 Å². The number of aliphatic hydroxyl groups is 1. The first-order valence-electron chi connectivity index (χ1n) is 11.9. The summed E-state index contributed by atoms with van der Waals surface area (Å²) in [5.41, 5.74) is 3.62. The highest BCUT2D eigenvalue weighted by Gasteiger charge is 2.38. The van der Waals surface area contributed by atoms with Gasteiger partial charge < -0.3 is 19.9 Å². The van der Waals surface area contributed by atoms with E-state index in [1.165, 1.54) is 4.90 Å². The van der Waals surface area contributed by atoms with Crippen LogP contribution in [0.5, 0.6) is 0 Å². The molecule has 0 bridgehead atoms. The number of rotatable bonds is 8. The average Bonchev–Trinajstić information content (AvgIpc) is 2.91. The van der Waals surface area contributed by atoms with Gasteiger partial charge in [0.15, 0.2) is 6.29 Å². The van der Waals surface area contributed by atoms with E-state index in [9.17, 15) is 9.90 Å². The Labute approximate surface area is 236 Å². The first kappa shape index (κ1) is 28.2. The topological polar surface area (TPSA) is 67.8 Å². The summed E-state index contributed by atoms with van der Waals surface area (Å²) in [6, 6.07) is 25.7. The van der Waals surface area contributed by atoms with Gasteiger partial charge in [-0.3, -0.25) is 4.79 Å². The van der Waals surface area contributed by atoms with Gasteiger partial charge in [0, 0.05) is 28.7 Å². The molecule has 4 unspecified atom stereocenters. The molecule has 0 aliphatic carbocycles. The largest absolute Gasteiger partial charge is 0.392 e. The van der Waals surface area contributed by atoms with Crippen molar-refractivity contribution in [1.29, 1.82) is 0 Å². The molecule has 0 aromatic heterocycles. The molecule has 0 radical (unpaired) electrons. The van der Waals surface area contributed by atoms with E-state index in [2.05, 4.69) is 24.4 Å². The number of halogens is 3. The number of thioether (sulfide) groups is 1. The van der Waals surface area contributed by atoms with Crippen LogP contribution in [0.3, 0.4) is 0 Å². The van der Waals surface area contributed by atoms with Crippen LogP contribution in [-0.2, 0) is 27.4 Å².